The minimum Gasteiger partial charge on any atom is -0.463 e. The molecule has 5 atom stereocenters. The third kappa shape index (κ3) is 86.6. The van der Waals surface area contributed by atoms with E-state index in [-0.39, 0.29) is 19.3 Å². The van der Waals surface area contributed by atoms with Gasteiger partial charge in [0.25, 0.3) is 0 Å². The van der Waals surface area contributed by atoms with Crippen molar-refractivity contribution in [3.05, 3.63) is 122 Å². The van der Waals surface area contributed by atoms with Crippen LogP contribution in [-0.4, -0.2) is 95.9 Å². The number of phosphoric acid groups is 2. The fourth-order valence-electron chi connectivity index (χ4n) is 12.4. The number of carbonyl (C=O) groups is 3. The smallest absolute Gasteiger partial charge is 0.463 e. The summed E-state index contributed by atoms with van der Waals surface area (Å²) in [5.74, 6) is -1.56. The van der Waals surface area contributed by atoms with Gasteiger partial charge in [-0.2, -0.15) is 0 Å². The van der Waals surface area contributed by atoms with Crippen LogP contribution in [0.15, 0.2) is 122 Å². The van der Waals surface area contributed by atoms with Gasteiger partial charge in [0.1, 0.15) is 25.4 Å². The number of aliphatic hydroxyl groups excluding tert-OH is 2. The van der Waals surface area contributed by atoms with E-state index in [9.17, 15) is 43.5 Å². The first-order valence-corrected chi connectivity index (χ1v) is 47.8. The summed E-state index contributed by atoms with van der Waals surface area (Å²) in [6, 6.07) is 0. The van der Waals surface area contributed by atoms with Crippen molar-refractivity contribution in [3.63, 3.8) is 0 Å². The minimum atomic E-state index is -4.93. The number of aliphatic hydroxyl groups is 2. The van der Waals surface area contributed by atoms with Crippen LogP contribution in [0.2, 0.25) is 0 Å². The molecule has 0 aliphatic rings. The maximum Gasteiger partial charge on any atom is 0.472 e. The molecule has 0 spiro atoms. The number of hydrogen-bond acceptors (Lipinski definition) is 14. The summed E-state index contributed by atoms with van der Waals surface area (Å²) in [4.78, 5) is 58.7. The summed E-state index contributed by atoms with van der Waals surface area (Å²) in [5, 5.41) is 20.7. The van der Waals surface area contributed by atoms with Crippen LogP contribution in [0.25, 0.3) is 0 Å². The molecule has 0 fully saturated rings. The Bertz CT molecular complexity index is 2500. The lowest BCUT2D eigenvalue weighted by Gasteiger charge is -2.21. The molecule has 0 saturated carbocycles. The van der Waals surface area contributed by atoms with Crippen molar-refractivity contribution < 1.29 is 75.8 Å². The highest BCUT2D eigenvalue weighted by Crippen LogP contribution is 2.45. The van der Waals surface area contributed by atoms with Gasteiger partial charge in [-0.15, -0.1) is 0 Å². The van der Waals surface area contributed by atoms with E-state index in [4.69, 9.17) is 32.3 Å². The van der Waals surface area contributed by atoms with Crippen LogP contribution in [0.1, 0.15) is 393 Å². The zero-order valence-corrected chi connectivity index (χ0v) is 72.4. The Morgan fingerprint density at radius 1 is 0.261 bits per heavy atom. The van der Waals surface area contributed by atoms with Crippen LogP contribution < -0.4 is 0 Å². The molecule has 5 unspecified atom stereocenters. The van der Waals surface area contributed by atoms with Crippen LogP contribution in [-0.2, 0) is 55.8 Å². The van der Waals surface area contributed by atoms with Crippen molar-refractivity contribution >= 4 is 33.6 Å². The van der Waals surface area contributed by atoms with Crippen molar-refractivity contribution in [2.45, 2.75) is 411 Å². The molecule has 4 N–H and O–H groups in total. The van der Waals surface area contributed by atoms with Crippen molar-refractivity contribution in [1.82, 2.24) is 0 Å². The second-order valence-corrected chi connectivity index (χ2v) is 32.9. The van der Waals surface area contributed by atoms with Crippen LogP contribution >= 0.6 is 15.6 Å². The molecule has 0 bridgehead atoms. The quantitative estimate of drug-likeness (QED) is 0.0146. The summed E-state index contributed by atoms with van der Waals surface area (Å²) in [7, 11) is -9.78. The highest BCUT2D eigenvalue weighted by molar-refractivity contribution is 7.47. The summed E-state index contributed by atoms with van der Waals surface area (Å²) in [6.45, 7) is 2.58. The molecule has 0 radical (unpaired) electrons. The fraction of sp³-hybridized carbons (Fsp3) is 0.753. The van der Waals surface area contributed by atoms with Gasteiger partial charge in [0.05, 0.1) is 26.4 Å². The predicted molar refractivity (Wildman–Crippen MR) is 463 cm³/mol. The van der Waals surface area contributed by atoms with Gasteiger partial charge in [0, 0.05) is 19.3 Å². The van der Waals surface area contributed by atoms with Crippen LogP contribution in [0.5, 0.6) is 0 Å². The van der Waals surface area contributed by atoms with Gasteiger partial charge in [0.2, 0.25) is 0 Å². The third-order valence-corrected chi connectivity index (χ3v) is 21.1. The minimum absolute atomic E-state index is 0.107. The largest absolute Gasteiger partial charge is 0.472 e. The predicted octanol–water partition coefficient (Wildman–Crippen LogP) is 27.2. The molecule has 18 heteroatoms. The molecule has 0 aliphatic carbocycles. The Hall–Kier alpha value is -4.05. The van der Waals surface area contributed by atoms with Crippen LogP contribution in [0.4, 0.5) is 0 Å². The molecule has 0 aromatic rings. The Morgan fingerprint density at radius 2 is 0.477 bits per heavy atom. The number of allylic oxidation sites excluding steroid dienone is 20. The first-order valence-electron chi connectivity index (χ1n) is 44.8. The van der Waals surface area contributed by atoms with E-state index in [0.717, 1.165) is 135 Å². The number of esters is 3. The summed E-state index contributed by atoms with van der Waals surface area (Å²) in [6.07, 6.45) is 104. The van der Waals surface area contributed by atoms with E-state index >= 15 is 0 Å². The van der Waals surface area contributed by atoms with E-state index in [1.54, 1.807) is 0 Å². The molecule has 0 heterocycles. The highest BCUT2D eigenvalue weighted by Gasteiger charge is 2.29. The number of carbonyl (C=O) groups excluding carboxylic acids is 3. The number of unbranched alkanes of at least 4 members (excludes halogenated alkanes) is 42. The maximum atomic E-state index is 13.0. The van der Waals surface area contributed by atoms with E-state index in [1.807, 2.05) is 0 Å². The van der Waals surface area contributed by atoms with E-state index < -0.39 is 91.5 Å². The van der Waals surface area contributed by atoms with Crippen molar-refractivity contribution in [2.24, 2.45) is 0 Å². The zero-order chi connectivity index (χ0) is 80.8. The molecule has 0 amide bonds. The summed E-state index contributed by atoms with van der Waals surface area (Å²) >= 11 is 0. The van der Waals surface area contributed by atoms with Crippen molar-refractivity contribution in [2.75, 3.05) is 39.6 Å². The standard InChI is InChI=1S/C93H164O16P2/c1-4-7-10-13-16-19-22-24-26-28-30-32-34-36-38-40-42-43-45-47-48-50-52-54-56-58-60-62-65-67-70-73-76-79-91(96)103-82-88(94)83-105-110(99,100)106-84-89(95)85-107-111(101,102)108-87-90(109-93(98)81-78-75-72-69-64-21-18-15-12-9-6-3)86-104-92(97)80-77-74-71-68-66-63-61-59-57-55-53-51-49-46-44-41-39-37-35-33-31-29-27-25-23-20-17-14-11-8-5-2/h8,11,16-17,19-20,24-27,30-33,36-39,44,46,88-90,94-95H,4-7,9-10,12-15,18,21-23,28-29,34-35,40-43,45,47-87H2,1-3H3,(H,99,100)(H,101,102)/b11-8-,19-16-,20-17-,26-24-,27-25-,32-30-,33-31-,38-36-,39-37-,46-44-. The van der Waals surface area contributed by atoms with Gasteiger partial charge < -0.3 is 34.2 Å². The first kappa shape index (κ1) is 107. The summed E-state index contributed by atoms with van der Waals surface area (Å²) in [5.41, 5.74) is 0. The summed E-state index contributed by atoms with van der Waals surface area (Å²) < 4.78 is 61.3. The van der Waals surface area contributed by atoms with Gasteiger partial charge in [-0.25, -0.2) is 9.13 Å². The van der Waals surface area contributed by atoms with Gasteiger partial charge in [-0.05, 0) is 116 Å². The normalized spacial score (nSPS) is 14.4. The van der Waals surface area contributed by atoms with Gasteiger partial charge in [-0.1, -0.05) is 380 Å². The molecule has 16 nitrogen and oxygen atoms in total. The van der Waals surface area contributed by atoms with E-state index in [2.05, 4.69) is 142 Å². The molecule has 111 heavy (non-hydrogen) atoms. The lowest BCUT2D eigenvalue weighted by atomic mass is 10.0. The SMILES string of the molecule is CC/C=C\C/C=C\C/C=C\C/C=C\C/C=C\C/C=C\CCCCCCCCCCCCCCC(=O)OCC(COP(=O)(O)OCC(O)COP(=O)(O)OCC(O)COC(=O)CCCCCCCCCCCCCCCCCCC/C=C\C/C=C\C/C=C\C/C=C\CCCCC)OC(=O)CCCCCCCCCCCCC. The van der Waals surface area contributed by atoms with Crippen LogP contribution in [0.3, 0.4) is 0 Å². The van der Waals surface area contributed by atoms with Crippen LogP contribution in [0, 0.1) is 0 Å². The molecule has 0 saturated heterocycles. The van der Waals surface area contributed by atoms with E-state index in [1.165, 1.54) is 199 Å². The Labute approximate surface area is 678 Å². The molecular formula is C93H164O16P2. The van der Waals surface area contributed by atoms with Crippen molar-refractivity contribution in [1.29, 1.82) is 0 Å². The molecule has 0 aromatic heterocycles. The topological polar surface area (TPSA) is 231 Å². The fourth-order valence-corrected chi connectivity index (χ4v) is 14.0. The Balaban J connectivity index is 4.35. The zero-order valence-electron chi connectivity index (χ0n) is 70.6. The number of rotatable bonds is 85. The monoisotopic (exact) mass is 1600 g/mol. The molecule has 0 rings (SSSR count). The third-order valence-electron chi connectivity index (χ3n) is 19.2. The highest BCUT2D eigenvalue weighted by atomic mass is 31.2. The average Bonchev–Trinajstić information content (AvgIpc) is 0.901. The lowest BCUT2D eigenvalue weighted by molar-refractivity contribution is -0.161. The Morgan fingerprint density at radius 3 is 0.775 bits per heavy atom. The lowest BCUT2D eigenvalue weighted by Crippen LogP contribution is -2.30. The number of phosphoric ester groups is 2. The number of hydrogen-bond donors (Lipinski definition) is 4. The Kier molecular flexibility index (Phi) is 82.2. The molecule has 642 valence electrons. The second-order valence-electron chi connectivity index (χ2n) is 30.0. The second kappa shape index (κ2) is 85.3. The van der Waals surface area contributed by atoms with E-state index in [0.29, 0.717) is 19.3 Å². The van der Waals surface area contributed by atoms with Gasteiger partial charge in [0.15, 0.2) is 6.10 Å². The van der Waals surface area contributed by atoms with Gasteiger partial charge >= 0.3 is 33.6 Å². The average molecular weight is 1600 g/mol. The molecular weight excluding hydrogens is 1430 g/mol. The number of ether oxygens (including phenoxy) is 3. The molecule has 0 aromatic carbocycles. The van der Waals surface area contributed by atoms with Crippen molar-refractivity contribution in [3.8, 4) is 0 Å². The maximum absolute atomic E-state index is 13.0. The van der Waals surface area contributed by atoms with Gasteiger partial charge in [-0.3, -0.25) is 32.5 Å². The first-order chi connectivity index (χ1) is 54.2. The molecule has 0 aliphatic heterocycles.